The SMILES string of the molecule is CCc1nnc(-c2[nH]c3ccc(CCN4C(=O)NC(C)(C)C4=O)cc3c2CCN(C)C)o1. The number of carbonyl (C=O) groups excluding carboxylic acids is 2. The molecular weight excluding hydrogens is 408 g/mol. The van der Waals surface area contributed by atoms with Crippen LogP contribution in [0.25, 0.3) is 22.5 Å². The summed E-state index contributed by atoms with van der Waals surface area (Å²) < 4.78 is 5.83. The Morgan fingerprint density at radius 1 is 1.16 bits per heavy atom. The standard InChI is InChI=1S/C23H30N6O3/c1-6-18-26-27-20(32-18)19-15(10-11-28(4)5)16-13-14(7-8-17(16)24-19)9-12-29-21(30)23(2,3)25-22(29)31/h7-8,13,24H,6,9-12H2,1-5H3,(H,25,31). The molecule has 0 atom stereocenters. The van der Waals surface area contributed by atoms with E-state index in [0.717, 1.165) is 40.7 Å². The van der Waals surface area contributed by atoms with E-state index < -0.39 is 5.54 Å². The number of nitrogens with zero attached hydrogens (tertiary/aromatic N) is 4. The number of hydrogen-bond acceptors (Lipinski definition) is 6. The summed E-state index contributed by atoms with van der Waals surface area (Å²) >= 11 is 0. The van der Waals surface area contributed by atoms with Crippen LogP contribution in [0.3, 0.4) is 0 Å². The zero-order chi connectivity index (χ0) is 23.0. The fourth-order valence-electron chi connectivity index (χ4n) is 3.99. The van der Waals surface area contributed by atoms with Gasteiger partial charge in [-0.25, -0.2) is 4.79 Å². The van der Waals surface area contributed by atoms with Gasteiger partial charge in [0.25, 0.3) is 11.8 Å². The van der Waals surface area contributed by atoms with E-state index in [-0.39, 0.29) is 11.9 Å². The van der Waals surface area contributed by atoms with Gasteiger partial charge in [0, 0.05) is 30.4 Å². The van der Waals surface area contributed by atoms with Crippen molar-refractivity contribution in [3.63, 3.8) is 0 Å². The van der Waals surface area contributed by atoms with E-state index >= 15 is 0 Å². The summed E-state index contributed by atoms with van der Waals surface area (Å²) in [6, 6.07) is 5.84. The molecule has 3 heterocycles. The van der Waals surface area contributed by atoms with E-state index in [2.05, 4.69) is 31.5 Å². The molecule has 0 spiro atoms. The Hall–Kier alpha value is -3.20. The number of carbonyl (C=O) groups is 2. The molecule has 9 heteroatoms. The van der Waals surface area contributed by atoms with Crippen molar-refractivity contribution in [1.82, 2.24) is 30.3 Å². The van der Waals surface area contributed by atoms with Crippen LogP contribution in [0.15, 0.2) is 22.6 Å². The van der Waals surface area contributed by atoms with Crippen molar-refractivity contribution < 1.29 is 14.0 Å². The van der Waals surface area contributed by atoms with Crippen LogP contribution in [0, 0.1) is 0 Å². The number of amides is 3. The van der Waals surface area contributed by atoms with Gasteiger partial charge in [0.15, 0.2) is 0 Å². The predicted molar refractivity (Wildman–Crippen MR) is 121 cm³/mol. The van der Waals surface area contributed by atoms with E-state index in [4.69, 9.17) is 4.42 Å². The van der Waals surface area contributed by atoms with Crippen molar-refractivity contribution >= 4 is 22.8 Å². The van der Waals surface area contributed by atoms with Gasteiger partial charge in [-0.05, 0) is 64.0 Å². The molecule has 0 radical (unpaired) electrons. The molecule has 4 rings (SSSR count). The number of benzene rings is 1. The van der Waals surface area contributed by atoms with Gasteiger partial charge in [0.2, 0.25) is 5.89 Å². The topological polar surface area (TPSA) is 107 Å². The predicted octanol–water partition coefficient (Wildman–Crippen LogP) is 2.76. The number of H-pyrrole nitrogens is 1. The number of likely N-dealkylation sites (N-methyl/N-ethyl adjacent to an activating group) is 1. The first-order valence-corrected chi connectivity index (χ1v) is 10.9. The van der Waals surface area contributed by atoms with Gasteiger partial charge < -0.3 is 19.6 Å². The maximum absolute atomic E-state index is 12.5. The highest BCUT2D eigenvalue weighted by Gasteiger charge is 2.43. The van der Waals surface area contributed by atoms with Gasteiger partial charge in [0.05, 0.1) is 0 Å². The molecule has 0 bridgehead atoms. The van der Waals surface area contributed by atoms with E-state index in [1.165, 1.54) is 4.90 Å². The number of fused-ring (bicyclic) bond motifs is 1. The quantitative estimate of drug-likeness (QED) is 0.524. The molecule has 2 N–H and O–H groups in total. The van der Waals surface area contributed by atoms with Crippen LogP contribution in [-0.2, 0) is 24.1 Å². The Bertz CT molecular complexity index is 1160. The molecule has 0 saturated carbocycles. The maximum atomic E-state index is 12.5. The van der Waals surface area contributed by atoms with E-state index in [0.29, 0.717) is 31.2 Å². The molecule has 1 fully saturated rings. The lowest BCUT2D eigenvalue weighted by molar-refractivity contribution is -0.130. The minimum Gasteiger partial charge on any atom is -0.419 e. The normalized spacial score (nSPS) is 15.9. The molecule has 3 aromatic rings. The number of nitrogens with one attached hydrogen (secondary N) is 2. The first-order chi connectivity index (χ1) is 15.2. The molecule has 0 unspecified atom stereocenters. The second kappa shape index (κ2) is 8.38. The van der Waals surface area contributed by atoms with E-state index in [9.17, 15) is 9.59 Å². The number of aromatic nitrogens is 3. The Labute approximate surface area is 187 Å². The minimum absolute atomic E-state index is 0.192. The lowest BCUT2D eigenvalue weighted by Crippen LogP contribution is -2.40. The monoisotopic (exact) mass is 438 g/mol. The Morgan fingerprint density at radius 3 is 2.56 bits per heavy atom. The molecule has 3 amide bonds. The molecule has 1 aromatic carbocycles. The zero-order valence-corrected chi connectivity index (χ0v) is 19.3. The first-order valence-electron chi connectivity index (χ1n) is 10.9. The Kier molecular flexibility index (Phi) is 5.77. The molecule has 2 aromatic heterocycles. The molecule has 170 valence electrons. The molecule has 1 aliphatic rings. The second-order valence-corrected chi connectivity index (χ2v) is 9.03. The van der Waals surface area contributed by atoms with Crippen molar-refractivity contribution in [3.8, 4) is 11.6 Å². The van der Waals surface area contributed by atoms with Gasteiger partial charge in [-0.1, -0.05) is 13.0 Å². The van der Waals surface area contributed by atoms with E-state index in [1.54, 1.807) is 13.8 Å². The maximum Gasteiger partial charge on any atom is 0.325 e. The van der Waals surface area contributed by atoms with Crippen molar-refractivity contribution in [2.75, 3.05) is 27.2 Å². The summed E-state index contributed by atoms with van der Waals surface area (Å²) in [4.78, 5) is 31.5. The number of aryl methyl sites for hydroxylation is 1. The van der Waals surface area contributed by atoms with Crippen LogP contribution in [0.5, 0.6) is 0 Å². The molecule has 32 heavy (non-hydrogen) atoms. The summed E-state index contributed by atoms with van der Waals surface area (Å²) in [6.07, 6.45) is 2.08. The average Bonchev–Trinajstić information content (AvgIpc) is 3.40. The number of rotatable bonds is 8. The highest BCUT2D eigenvalue weighted by molar-refractivity contribution is 6.06. The largest absolute Gasteiger partial charge is 0.419 e. The Balaban J connectivity index is 1.64. The van der Waals surface area contributed by atoms with Crippen LogP contribution in [0.2, 0.25) is 0 Å². The number of aromatic amines is 1. The molecule has 1 saturated heterocycles. The van der Waals surface area contributed by atoms with Crippen molar-refractivity contribution in [2.45, 2.75) is 45.6 Å². The third kappa shape index (κ3) is 4.12. The minimum atomic E-state index is -0.850. The lowest BCUT2D eigenvalue weighted by Gasteiger charge is -2.16. The fourth-order valence-corrected chi connectivity index (χ4v) is 3.99. The van der Waals surface area contributed by atoms with Crippen molar-refractivity contribution in [3.05, 3.63) is 35.2 Å². The molecule has 1 aliphatic heterocycles. The third-order valence-corrected chi connectivity index (χ3v) is 5.83. The van der Waals surface area contributed by atoms with Gasteiger partial charge >= 0.3 is 6.03 Å². The van der Waals surface area contributed by atoms with Crippen LogP contribution in [0.4, 0.5) is 4.79 Å². The summed E-state index contributed by atoms with van der Waals surface area (Å²) in [5.41, 5.74) is 3.17. The van der Waals surface area contributed by atoms with Gasteiger partial charge in [0.1, 0.15) is 11.2 Å². The Morgan fingerprint density at radius 2 is 1.94 bits per heavy atom. The highest BCUT2D eigenvalue weighted by Crippen LogP contribution is 2.31. The molecule has 9 nitrogen and oxygen atoms in total. The summed E-state index contributed by atoms with van der Waals surface area (Å²) in [5, 5.41) is 12.2. The van der Waals surface area contributed by atoms with Gasteiger partial charge in [-0.15, -0.1) is 10.2 Å². The first kappa shape index (κ1) is 22.0. The lowest BCUT2D eigenvalue weighted by atomic mass is 10.0. The van der Waals surface area contributed by atoms with Crippen LogP contribution in [0.1, 0.15) is 37.8 Å². The second-order valence-electron chi connectivity index (χ2n) is 9.03. The van der Waals surface area contributed by atoms with Crippen molar-refractivity contribution in [2.24, 2.45) is 0 Å². The van der Waals surface area contributed by atoms with E-state index in [1.807, 2.05) is 33.2 Å². The fraction of sp³-hybridized carbons (Fsp3) is 0.478. The van der Waals surface area contributed by atoms with Crippen molar-refractivity contribution in [1.29, 1.82) is 0 Å². The summed E-state index contributed by atoms with van der Waals surface area (Å²) in [6.45, 7) is 6.64. The number of hydrogen-bond donors (Lipinski definition) is 2. The van der Waals surface area contributed by atoms with Crippen LogP contribution < -0.4 is 5.32 Å². The number of urea groups is 1. The molecular formula is C23H30N6O3. The highest BCUT2D eigenvalue weighted by atomic mass is 16.4. The summed E-state index contributed by atoms with van der Waals surface area (Å²) in [5.74, 6) is 0.909. The average molecular weight is 439 g/mol. The van der Waals surface area contributed by atoms with Crippen LogP contribution >= 0.6 is 0 Å². The smallest absolute Gasteiger partial charge is 0.325 e. The summed E-state index contributed by atoms with van der Waals surface area (Å²) in [7, 11) is 4.09. The zero-order valence-electron chi connectivity index (χ0n) is 19.3. The van der Waals surface area contributed by atoms with Crippen LogP contribution in [-0.4, -0.2) is 69.6 Å². The third-order valence-electron chi connectivity index (χ3n) is 5.83. The number of imide groups is 1. The van der Waals surface area contributed by atoms with Gasteiger partial charge in [-0.2, -0.15) is 0 Å². The van der Waals surface area contributed by atoms with Gasteiger partial charge in [-0.3, -0.25) is 9.69 Å². The molecule has 0 aliphatic carbocycles.